The molecule has 174 valence electrons. The number of ether oxygens (including phenoxy) is 1. The summed E-state index contributed by atoms with van der Waals surface area (Å²) < 4.78 is 42.3. The molecule has 3 heterocycles. The highest BCUT2D eigenvalue weighted by Crippen LogP contribution is 2.44. The second-order valence-electron chi connectivity index (χ2n) is 7.75. The molecule has 0 radical (unpaired) electrons. The molecular weight excluding hydrogens is 421 g/mol. The molecule has 2 fully saturated rings. The van der Waals surface area contributed by atoms with Gasteiger partial charge in [0, 0.05) is 44.6 Å². The Morgan fingerprint density at radius 2 is 2.00 bits per heavy atom. The van der Waals surface area contributed by atoms with Gasteiger partial charge in [0.2, 0.25) is 5.91 Å². The van der Waals surface area contributed by atoms with Crippen molar-refractivity contribution in [3.8, 4) is 0 Å². The molecule has 11 heteroatoms. The Morgan fingerprint density at radius 3 is 2.52 bits per heavy atom. The summed E-state index contributed by atoms with van der Waals surface area (Å²) in [6.07, 6.45) is 0.0736. The van der Waals surface area contributed by atoms with Crippen LogP contribution in [0.1, 0.15) is 32.3 Å². The van der Waals surface area contributed by atoms with E-state index in [9.17, 15) is 22.8 Å². The maximum absolute atomic E-state index is 12.8. The molecule has 2 atom stereocenters. The van der Waals surface area contributed by atoms with Crippen LogP contribution in [0.3, 0.4) is 0 Å². The van der Waals surface area contributed by atoms with Crippen molar-refractivity contribution >= 4 is 17.8 Å². The standard InChI is InChI=1S/C18H26N2O4.C2HF3O2/c1-3-24-17(22)18-6-4-7-19(9-15-5-8-23-12-15)10-16(18)11-20(13-18)14(2)21;3-2(4,5)1(6)7/h5,8,12,16H,3-4,6-7,9-11,13H2,1-2H3;(H,6,7)/t16-,18-;/m0./s1. The molecule has 1 N–H and O–H groups in total. The zero-order valence-corrected chi connectivity index (χ0v) is 17.5. The van der Waals surface area contributed by atoms with Crippen molar-refractivity contribution < 1.29 is 41.8 Å². The molecule has 3 rings (SSSR count). The van der Waals surface area contributed by atoms with Crippen molar-refractivity contribution in [2.75, 3.05) is 32.8 Å². The molecule has 2 saturated heterocycles. The van der Waals surface area contributed by atoms with Crippen LogP contribution in [0.4, 0.5) is 13.2 Å². The largest absolute Gasteiger partial charge is 0.490 e. The molecule has 1 aromatic rings. The molecule has 0 bridgehead atoms. The second kappa shape index (κ2) is 10.2. The average Bonchev–Trinajstić information content (AvgIpc) is 3.27. The number of carboxylic acids is 1. The monoisotopic (exact) mass is 448 g/mol. The number of amides is 1. The number of hydrogen-bond acceptors (Lipinski definition) is 6. The maximum Gasteiger partial charge on any atom is 0.490 e. The first-order valence-corrected chi connectivity index (χ1v) is 9.96. The number of halogens is 3. The number of esters is 1. The van der Waals surface area contributed by atoms with E-state index in [-0.39, 0.29) is 17.8 Å². The average molecular weight is 448 g/mol. The minimum absolute atomic E-state index is 0.0353. The quantitative estimate of drug-likeness (QED) is 0.707. The van der Waals surface area contributed by atoms with Crippen molar-refractivity contribution in [1.29, 1.82) is 0 Å². The van der Waals surface area contributed by atoms with Gasteiger partial charge >= 0.3 is 18.1 Å². The predicted molar refractivity (Wildman–Crippen MR) is 102 cm³/mol. The van der Waals surface area contributed by atoms with E-state index in [0.717, 1.165) is 38.0 Å². The SMILES string of the molecule is CCOC(=O)[C@]12CCCN(Cc3ccoc3)C[C@H]1CN(C(C)=O)C2.O=C(O)C(F)(F)F. The second-order valence-corrected chi connectivity index (χ2v) is 7.75. The Kier molecular flexibility index (Phi) is 8.10. The van der Waals surface area contributed by atoms with E-state index in [1.807, 2.05) is 17.9 Å². The molecule has 31 heavy (non-hydrogen) atoms. The normalized spacial score (nSPS) is 23.9. The van der Waals surface area contributed by atoms with Crippen molar-refractivity contribution in [2.45, 2.75) is 39.4 Å². The smallest absolute Gasteiger partial charge is 0.475 e. The Hall–Kier alpha value is -2.56. The fourth-order valence-electron chi connectivity index (χ4n) is 4.14. The van der Waals surface area contributed by atoms with E-state index in [1.54, 1.807) is 19.5 Å². The third-order valence-electron chi connectivity index (χ3n) is 5.63. The number of hydrogen-bond donors (Lipinski definition) is 1. The van der Waals surface area contributed by atoms with Gasteiger partial charge in [0.1, 0.15) is 0 Å². The summed E-state index contributed by atoms with van der Waals surface area (Å²) in [5.74, 6) is -2.74. The topological polar surface area (TPSA) is 100 Å². The molecular formula is C20H27F3N2O6. The molecule has 0 saturated carbocycles. The lowest BCUT2D eigenvalue weighted by atomic mass is 9.75. The molecule has 2 aliphatic rings. The van der Waals surface area contributed by atoms with Crippen LogP contribution in [0, 0.1) is 11.3 Å². The first-order chi connectivity index (χ1) is 14.5. The molecule has 0 aromatic carbocycles. The number of carbonyl (C=O) groups excluding carboxylic acids is 2. The van der Waals surface area contributed by atoms with Gasteiger partial charge in [-0.15, -0.1) is 0 Å². The predicted octanol–water partition coefficient (Wildman–Crippen LogP) is 2.54. The first-order valence-electron chi connectivity index (χ1n) is 9.96. The van der Waals surface area contributed by atoms with Crippen LogP contribution in [0.2, 0.25) is 0 Å². The number of nitrogens with zero attached hydrogens (tertiary/aromatic N) is 2. The van der Waals surface area contributed by atoms with Gasteiger partial charge in [0.15, 0.2) is 0 Å². The van der Waals surface area contributed by atoms with E-state index >= 15 is 0 Å². The van der Waals surface area contributed by atoms with Crippen LogP contribution < -0.4 is 0 Å². The molecule has 1 amide bonds. The van der Waals surface area contributed by atoms with Crippen molar-refractivity contribution in [3.05, 3.63) is 24.2 Å². The van der Waals surface area contributed by atoms with Crippen LogP contribution in [0.5, 0.6) is 0 Å². The van der Waals surface area contributed by atoms with Gasteiger partial charge in [0.05, 0.1) is 24.5 Å². The Labute approximate surface area is 177 Å². The number of furan rings is 1. The van der Waals surface area contributed by atoms with Crippen LogP contribution in [-0.2, 0) is 25.7 Å². The number of rotatable bonds is 4. The summed E-state index contributed by atoms with van der Waals surface area (Å²) in [5.41, 5.74) is 0.590. The fraction of sp³-hybridized carbons (Fsp3) is 0.650. The third kappa shape index (κ3) is 6.22. The van der Waals surface area contributed by atoms with Gasteiger partial charge in [-0.1, -0.05) is 0 Å². The first kappa shape index (κ1) is 24.7. The highest BCUT2D eigenvalue weighted by Gasteiger charge is 2.54. The fourth-order valence-corrected chi connectivity index (χ4v) is 4.14. The van der Waals surface area contributed by atoms with Crippen LogP contribution in [0.15, 0.2) is 23.0 Å². The minimum Gasteiger partial charge on any atom is -0.475 e. The van der Waals surface area contributed by atoms with E-state index in [0.29, 0.717) is 19.7 Å². The minimum atomic E-state index is -5.08. The summed E-state index contributed by atoms with van der Waals surface area (Å²) in [6, 6.07) is 1.97. The summed E-state index contributed by atoms with van der Waals surface area (Å²) in [4.78, 5) is 37.7. The lowest BCUT2D eigenvalue weighted by molar-refractivity contribution is -0.192. The van der Waals surface area contributed by atoms with Crippen LogP contribution in [0.25, 0.3) is 0 Å². The number of likely N-dealkylation sites (tertiary alicyclic amines) is 2. The summed E-state index contributed by atoms with van der Waals surface area (Å²) in [7, 11) is 0. The Balaban J connectivity index is 0.000000423. The number of aliphatic carboxylic acids is 1. The molecule has 8 nitrogen and oxygen atoms in total. The van der Waals surface area contributed by atoms with Crippen molar-refractivity contribution in [3.63, 3.8) is 0 Å². The zero-order valence-electron chi connectivity index (χ0n) is 17.5. The van der Waals surface area contributed by atoms with Crippen molar-refractivity contribution in [2.24, 2.45) is 11.3 Å². The molecule has 1 aromatic heterocycles. The van der Waals surface area contributed by atoms with Gasteiger partial charge in [0.25, 0.3) is 0 Å². The lowest BCUT2D eigenvalue weighted by Crippen LogP contribution is -2.42. The molecule has 2 aliphatic heterocycles. The highest BCUT2D eigenvalue weighted by atomic mass is 19.4. The highest BCUT2D eigenvalue weighted by molar-refractivity contribution is 5.81. The third-order valence-corrected chi connectivity index (χ3v) is 5.63. The lowest BCUT2D eigenvalue weighted by Gasteiger charge is -2.31. The van der Waals surface area contributed by atoms with E-state index in [1.165, 1.54) is 0 Å². The number of carbonyl (C=O) groups is 3. The Morgan fingerprint density at radius 1 is 1.32 bits per heavy atom. The maximum atomic E-state index is 12.8. The van der Waals surface area contributed by atoms with Gasteiger partial charge in [-0.05, 0) is 32.4 Å². The van der Waals surface area contributed by atoms with E-state index in [2.05, 4.69) is 4.90 Å². The molecule has 0 aliphatic carbocycles. The zero-order chi connectivity index (χ0) is 23.2. The Bertz CT molecular complexity index is 767. The number of carboxylic acid groups (broad SMARTS) is 1. The van der Waals surface area contributed by atoms with Crippen LogP contribution in [-0.4, -0.2) is 71.7 Å². The van der Waals surface area contributed by atoms with Gasteiger partial charge in [-0.25, -0.2) is 4.79 Å². The van der Waals surface area contributed by atoms with Crippen LogP contribution >= 0.6 is 0 Å². The van der Waals surface area contributed by atoms with Gasteiger partial charge in [-0.2, -0.15) is 13.2 Å². The van der Waals surface area contributed by atoms with E-state index < -0.39 is 17.6 Å². The molecule has 0 spiro atoms. The van der Waals surface area contributed by atoms with Gasteiger partial charge < -0.3 is 19.2 Å². The summed E-state index contributed by atoms with van der Waals surface area (Å²) >= 11 is 0. The number of alkyl halides is 3. The van der Waals surface area contributed by atoms with E-state index in [4.69, 9.17) is 19.1 Å². The van der Waals surface area contributed by atoms with Gasteiger partial charge in [-0.3, -0.25) is 14.5 Å². The summed E-state index contributed by atoms with van der Waals surface area (Å²) in [5, 5.41) is 7.12. The molecule has 0 unspecified atom stereocenters. The summed E-state index contributed by atoms with van der Waals surface area (Å²) in [6.45, 7) is 7.48. The van der Waals surface area contributed by atoms with Crippen molar-refractivity contribution in [1.82, 2.24) is 9.80 Å². The number of fused-ring (bicyclic) bond motifs is 1.